The number of rotatable bonds is 3. The van der Waals surface area contributed by atoms with Gasteiger partial charge in [0.1, 0.15) is 0 Å². The van der Waals surface area contributed by atoms with Gasteiger partial charge in [-0.25, -0.2) is 0 Å². The maximum absolute atomic E-state index is 5.43. The number of alkyl halides is 1. The zero-order chi connectivity index (χ0) is 6.57. The third-order valence-corrected chi connectivity index (χ3v) is 1.16. The van der Waals surface area contributed by atoms with Crippen LogP contribution in [0.25, 0.3) is 0 Å². The predicted octanol–water partition coefficient (Wildman–Crippen LogP) is 0.704. The molecule has 0 aliphatic rings. The van der Waals surface area contributed by atoms with E-state index in [1.807, 2.05) is 6.92 Å². The normalized spacial score (nSPS) is 18.0. The van der Waals surface area contributed by atoms with Gasteiger partial charge in [0, 0.05) is 10.5 Å². The van der Waals surface area contributed by atoms with Crippen molar-refractivity contribution in [2.75, 3.05) is 6.54 Å². The molecule has 2 unspecified atom stereocenters. The summed E-state index contributed by atoms with van der Waals surface area (Å²) >= 11 is 2.36. The number of nitrogens with one attached hydrogen (secondary N) is 1. The lowest BCUT2D eigenvalue weighted by Crippen LogP contribution is -2.37. The Morgan fingerprint density at radius 2 is 2.12 bits per heavy atom. The lowest BCUT2D eigenvalue weighted by atomic mass is 10.4. The molecular formula is C5H13IN2. The van der Waals surface area contributed by atoms with Crippen molar-refractivity contribution in [1.82, 2.24) is 5.32 Å². The topological polar surface area (TPSA) is 38.0 Å². The molecule has 0 saturated heterocycles. The van der Waals surface area contributed by atoms with Gasteiger partial charge in [-0.2, -0.15) is 0 Å². The van der Waals surface area contributed by atoms with E-state index in [9.17, 15) is 0 Å². The second kappa shape index (κ2) is 4.52. The van der Waals surface area contributed by atoms with Crippen molar-refractivity contribution in [2.45, 2.75) is 23.9 Å². The lowest BCUT2D eigenvalue weighted by Gasteiger charge is -2.08. The molecule has 0 spiro atoms. The summed E-state index contributed by atoms with van der Waals surface area (Å²) in [4.78, 5) is 0. The van der Waals surface area contributed by atoms with Gasteiger partial charge < -0.3 is 11.1 Å². The fourth-order valence-electron chi connectivity index (χ4n) is 0.348. The van der Waals surface area contributed by atoms with Crippen LogP contribution in [0, 0.1) is 0 Å². The van der Waals surface area contributed by atoms with Crippen LogP contribution in [0.2, 0.25) is 0 Å². The second-order valence-corrected chi connectivity index (χ2v) is 4.10. The van der Waals surface area contributed by atoms with E-state index in [2.05, 4.69) is 34.8 Å². The van der Waals surface area contributed by atoms with Crippen molar-refractivity contribution in [3.63, 3.8) is 0 Å². The van der Waals surface area contributed by atoms with Crippen molar-refractivity contribution in [1.29, 1.82) is 0 Å². The number of nitrogens with two attached hydrogens (primary N) is 1. The highest BCUT2D eigenvalue weighted by Crippen LogP contribution is 1.94. The quantitative estimate of drug-likeness (QED) is 0.424. The molecule has 0 radical (unpaired) electrons. The molecule has 0 aromatic rings. The van der Waals surface area contributed by atoms with Gasteiger partial charge in [-0.05, 0) is 6.92 Å². The van der Waals surface area contributed by atoms with Crippen LogP contribution >= 0.6 is 22.6 Å². The number of hydrogen-bond acceptors (Lipinski definition) is 2. The Bertz CT molecular complexity index is 46.4. The third-order valence-electron chi connectivity index (χ3n) is 0.721. The molecule has 0 saturated carbocycles. The van der Waals surface area contributed by atoms with Crippen molar-refractivity contribution in [2.24, 2.45) is 5.73 Å². The summed E-state index contributed by atoms with van der Waals surface area (Å²) < 4.78 is 0.665. The first-order valence-electron chi connectivity index (χ1n) is 2.76. The molecule has 0 bridgehead atoms. The second-order valence-electron chi connectivity index (χ2n) is 1.98. The first kappa shape index (κ1) is 8.65. The highest BCUT2D eigenvalue weighted by atomic mass is 127. The van der Waals surface area contributed by atoms with E-state index >= 15 is 0 Å². The smallest absolute Gasteiger partial charge is 0.0517 e. The fraction of sp³-hybridized carbons (Fsp3) is 1.00. The molecule has 0 rings (SSSR count). The molecule has 0 amide bonds. The largest absolute Gasteiger partial charge is 0.316 e. The van der Waals surface area contributed by atoms with Gasteiger partial charge >= 0.3 is 0 Å². The minimum absolute atomic E-state index is 0.132. The molecule has 3 heteroatoms. The standard InChI is InChI=1S/C5H13IN2/c1-4(6)3-8-5(2)7/h4-5,8H,3,7H2,1-2H3. The van der Waals surface area contributed by atoms with Gasteiger partial charge in [0.15, 0.2) is 0 Å². The molecule has 0 aliphatic heterocycles. The SMILES string of the molecule is CC(I)CNC(C)N. The minimum atomic E-state index is 0.132. The summed E-state index contributed by atoms with van der Waals surface area (Å²) in [5.74, 6) is 0. The molecule has 0 heterocycles. The van der Waals surface area contributed by atoms with Gasteiger partial charge in [-0.3, -0.25) is 0 Å². The Morgan fingerprint density at radius 3 is 2.25 bits per heavy atom. The van der Waals surface area contributed by atoms with Crippen LogP contribution < -0.4 is 11.1 Å². The Kier molecular flexibility index (Phi) is 4.89. The maximum Gasteiger partial charge on any atom is 0.0517 e. The minimum Gasteiger partial charge on any atom is -0.316 e. The molecule has 0 aliphatic carbocycles. The van der Waals surface area contributed by atoms with E-state index in [1.165, 1.54) is 0 Å². The average molecular weight is 228 g/mol. The highest BCUT2D eigenvalue weighted by Gasteiger charge is 1.94. The molecule has 50 valence electrons. The Morgan fingerprint density at radius 1 is 1.62 bits per heavy atom. The van der Waals surface area contributed by atoms with E-state index in [-0.39, 0.29) is 6.17 Å². The first-order chi connectivity index (χ1) is 3.63. The summed E-state index contributed by atoms with van der Waals surface area (Å²) in [5, 5.41) is 3.12. The van der Waals surface area contributed by atoms with Crippen LogP contribution in [0.1, 0.15) is 13.8 Å². The van der Waals surface area contributed by atoms with E-state index in [0.717, 1.165) is 6.54 Å². The van der Waals surface area contributed by atoms with Crippen LogP contribution in [0.15, 0.2) is 0 Å². The first-order valence-corrected chi connectivity index (χ1v) is 4.00. The summed E-state index contributed by atoms with van der Waals surface area (Å²) in [6.07, 6.45) is 0.132. The maximum atomic E-state index is 5.43. The van der Waals surface area contributed by atoms with Gasteiger partial charge in [0.2, 0.25) is 0 Å². The highest BCUT2D eigenvalue weighted by molar-refractivity contribution is 14.1. The van der Waals surface area contributed by atoms with Crippen LogP contribution in [-0.4, -0.2) is 16.6 Å². The van der Waals surface area contributed by atoms with Gasteiger partial charge in [0.05, 0.1) is 6.17 Å². The van der Waals surface area contributed by atoms with Crippen LogP contribution in [0.5, 0.6) is 0 Å². The zero-order valence-corrected chi connectivity index (χ0v) is 7.47. The third kappa shape index (κ3) is 6.65. The van der Waals surface area contributed by atoms with E-state index < -0.39 is 0 Å². The fourth-order valence-corrected chi connectivity index (χ4v) is 0.603. The average Bonchev–Trinajstić information content (AvgIpc) is 1.61. The number of hydrogen-bond donors (Lipinski definition) is 2. The van der Waals surface area contributed by atoms with Gasteiger partial charge in [-0.1, -0.05) is 29.5 Å². The van der Waals surface area contributed by atoms with Crippen molar-refractivity contribution in [3.05, 3.63) is 0 Å². The lowest BCUT2D eigenvalue weighted by molar-refractivity contribution is 0.573. The molecule has 2 atom stereocenters. The van der Waals surface area contributed by atoms with Crippen molar-refractivity contribution < 1.29 is 0 Å². The molecular weight excluding hydrogens is 215 g/mol. The van der Waals surface area contributed by atoms with E-state index in [0.29, 0.717) is 3.92 Å². The van der Waals surface area contributed by atoms with Gasteiger partial charge in [-0.15, -0.1) is 0 Å². The summed E-state index contributed by atoms with van der Waals surface area (Å²) in [6, 6.07) is 0. The molecule has 0 aromatic carbocycles. The zero-order valence-electron chi connectivity index (χ0n) is 5.32. The summed E-state index contributed by atoms with van der Waals surface area (Å²) in [7, 11) is 0. The Balaban J connectivity index is 2.93. The van der Waals surface area contributed by atoms with E-state index in [4.69, 9.17) is 5.73 Å². The van der Waals surface area contributed by atoms with Gasteiger partial charge in [0.25, 0.3) is 0 Å². The monoisotopic (exact) mass is 228 g/mol. The Hall–Kier alpha value is 0.650. The molecule has 3 N–H and O–H groups in total. The van der Waals surface area contributed by atoms with Crippen LogP contribution in [0.4, 0.5) is 0 Å². The summed E-state index contributed by atoms with van der Waals surface area (Å²) in [6.45, 7) is 5.09. The molecule has 2 nitrogen and oxygen atoms in total. The Labute approximate surface area is 64.4 Å². The molecule has 8 heavy (non-hydrogen) atoms. The van der Waals surface area contributed by atoms with Crippen LogP contribution in [0.3, 0.4) is 0 Å². The van der Waals surface area contributed by atoms with Crippen LogP contribution in [-0.2, 0) is 0 Å². The van der Waals surface area contributed by atoms with E-state index in [1.54, 1.807) is 0 Å². The van der Waals surface area contributed by atoms with Crippen molar-refractivity contribution >= 4 is 22.6 Å². The van der Waals surface area contributed by atoms with Crippen molar-refractivity contribution in [3.8, 4) is 0 Å². The molecule has 0 fully saturated rings. The predicted molar refractivity (Wildman–Crippen MR) is 45.1 cm³/mol. The number of halogens is 1. The molecule has 0 aromatic heterocycles. The summed E-state index contributed by atoms with van der Waals surface area (Å²) in [5.41, 5.74) is 5.43.